The van der Waals surface area contributed by atoms with E-state index in [1.54, 1.807) is 23.9 Å². The molecule has 0 bridgehead atoms. The second-order valence-corrected chi connectivity index (χ2v) is 9.61. The van der Waals surface area contributed by atoms with Gasteiger partial charge in [-0.25, -0.2) is 0 Å². The van der Waals surface area contributed by atoms with Gasteiger partial charge in [0, 0.05) is 18.2 Å². The average Bonchev–Trinajstić information content (AvgIpc) is 3.31. The number of phenols is 1. The number of carbonyl (C=O) groups is 1. The first-order valence-corrected chi connectivity index (χ1v) is 12.4. The summed E-state index contributed by atoms with van der Waals surface area (Å²) in [7, 11) is 1.53. The largest absolute Gasteiger partial charge is 0.504 e. The Morgan fingerprint density at radius 3 is 2.83 bits per heavy atom. The van der Waals surface area contributed by atoms with Crippen LogP contribution in [0.4, 0.5) is 0 Å². The molecular formula is C22H33N3O3S2. The van der Waals surface area contributed by atoms with E-state index in [1.807, 2.05) is 6.07 Å². The minimum Gasteiger partial charge on any atom is -0.504 e. The van der Waals surface area contributed by atoms with Crippen LogP contribution in [-0.4, -0.2) is 46.8 Å². The molecule has 8 heteroatoms. The predicted octanol–water partition coefficient (Wildman–Crippen LogP) is 3.33. The molecule has 30 heavy (non-hydrogen) atoms. The van der Waals surface area contributed by atoms with E-state index in [1.165, 1.54) is 39.2 Å². The van der Waals surface area contributed by atoms with Crippen molar-refractivity contribution in [2.45, 2.75) is 63.6 Å². The van der Waals surface area contributed by atoms with Crippen LogP contribution < -0.4 is 20.7 Å². The number of nitrogens with one attached hydrogen (secondary N) is 3. The first kappa shape index (κ1) is 23.2. The fraction of sp³-hybridized carbons (Fsp3) is 0.636. The molecule has 1 aromatic rings. The maximum absolute atomic E-state index is 12.7. The number of carbonyl (C=O) groups excluding carboxylic acids is 1. The summed E-state index contributed by atoms with van der Waals surface area (Å²) < 4.78 is 5.09. The molecule has 166 valence electrons. The van der Waals surface area contributed by atoms with E-state index in [4.69, 9.17) is 17.0 Å². The third-order valence-corrected chi connectivity index (χ3v) is 7.33. The molecule has 1 saturated heterocycles. The first-order chi connectivity index (χ1) is 14.6. The van der Waals surface area contributed by atoms with Gasteiger partial charge in [-0.15, -0.1) is 11.8 Å². The number of methoxy groups -OCH3 is 1. The Balaban J connectivity index is 1.57. The van der Waals surface area contributed by atoms with Crippen molar-refractivity contribution >= 4 is 34.9 Å². The van der Waals surface area contributed by atoms with E-state index in [0.717, 1.165) is 36.0 Å². The van der Waals surface area contributed by atoms with Crippen LogP contribution in [0.3, 0.4) is 0 Å². The normalized spacial score (nSPS) is 20.5. The number of rotatable bonds is 9. The molecular weight excluding hydrogens is 418 g/mol. The molecule has 1 aliphatic carbocycles. The fourth-order valence-corrected chi connectivity index (χ4v) is 5.33. The summed E-state index contributed by atoms with van der Waals surface area (Å²) in [5.41, 5.74) is 0.905. The number of thiocarbonyl (C=S) groups is 1. The molecule has 1 saturated carbocycles. The van der Waals surface area contributed by atoms with Gasteiger partial charge in [-0.2, -0.15) is 0 Å². The molecule has 2 fully saturated rings. The maximum atomic E-state index is 12.7. The van der Waals surface area contributed by atoms with Crippen molar-refractivity contribution in [2.24, 2.45) is 5.92 Å². The van der Waals surface area contributed by atoms with E-state index in [0.29, 0.717) is 17.3 Å². The second kappa shape index (κ2) is 11.8. The predicted molar refractivity (Wildman–Crippen MR) is 126 cm³/mol. The van der Waals surface area contributed by atoms with Gasteiger partial charge in [-0.1, -0.05) is 50.4 Å². The van der Waals surface area contributed by atoms with Gasteiger partial charge in [0.15, 0.2) is 11.5 Å². The lowest BCUT2D eigenvalue weighted by Crippen LogP contribution is -2.51. The zero-order chi connectivity index (χ0) is 21.3. The number of hydrogen-bond acceptors (Lipinski definition) is 6. The Morgan fingerprint density at radius 1 is 1.37 bits per heavy atom. The summed E-state index contributed by atoms with van der Waals surface area (Å²) in [5, 5.41) is 19.7. The van der Waals surface area contributed by atoms with Crippen molar-refractivity contribution in [3.63, 3.8) is 0 Å². The van der Waals surface area contributed by atoms with E-state index in [2.05, 4.69) is 16.0 Å². The van der Waals surface area contributed by atoms with Gasteiger partial charge in [0.25, 0.3) is 0 Å². The fourth-order valence-electron chi connectivity index (χ4n) is 4.14. The van der Waals surface area contributed by atoms with Gasteiger partial charge in [0.2, 0.25) is 5.91 Å². The van der Waals surface area contributed by atoms with Crippen molar-refractivity contribution in [2.75, 3.05) is 18.7 Å². The topological polar surface area (TPSA) is 82.6 Å². The molecule has 4 N–H and O–H groups in total. The Bertz CT molecular complexity index is 720. The van der Waals surface area contributed by atoms with E-state index >= 15 is 0 Å². The molecule has 0 radical (unpaired) electrons. The van der Waals surface area contributed by atoms with E-state index in [-0.39, 0.29) is 23.7 Å². The standard InChI is InChI=1S/C22H33N3O3S2/c1-28-20-10-8-16(11-19(20)26)12-23-22(29)17(9-7-15-5-3-2-4-6-15)25-21(27)18-13-30-14-24-18/h8,10-11,15,17-18,24,26H,2-7,9,12-14H2,1H3,(H,23,29)(H,25,27)/t17-,18+/m1/s1. The van der Waals surface area contributed by atoms with E-state index < -0.39 is 0 Å². The molecule has 1 amide bonds. The second-order valence-electron chi connectivity index (χ2n) is 8.14. The van der Waals surface area contributed by atoms with Gasteiger partial charge < -0.3 is 20.5 Å². The average molecular weight is 452 g/mol. The van der Waals surface area contributed by atoms with Crippen molar-refractivity contribution in [3.8, 4) is 11.5 Å². The van der Waals surface area contributed by atoms with Crippen LogP contribution in [0, 0.1) is 5.92 Å². The summed E-state index contributed by atoms with van der Waals surface area (Å²) in [5.74, 6) is 2.93. The van der Waals surface area contributed by atoms with Gasteiger partial charge in [0.1, 0.15) is 0 Å². The molecule has 0 unspecified atom stereocenters. The Kier molecular flexibility index (Phi) is 9.08. The highest BCUT2D eigenvalue weighted by molar-refractivity contribution is 7.99. The van der Waals surface area contributed by atoms with Crippen molar-refractivity contribution in [1.29, 1.82) is 0 Å². The number of thioether (sulfide) groups is 1. The van der Waals surface area contributed by atoms with Crippen molar-refractivity contribution in [3.05, 3.63) is 23.8 Å². The lowest BCUT2D eigenvalue weighted by molar-refractivity contribution is -0.122. The van der Waals surface area contributed by atoms with E-state index in [9.17, 15) is 9.90 Å². The monoisotopic (exact) mass is 451 g/mol. The zero-order valence-electron chi connectivity index (χ0n) is 17.6. The van der Waals surface area contributed by atoms with Crippen LogP contribution in [0.1, 0.15) is 50.5 Å². The minimum atomic E-state index is -0.173. The van der Waals surface area contributed by atoms with Gasteiger partial charge >= 0.3 is 0 Å². The smallest absolute Gasteiger partial charge is 0.238 e. The molecule has 3 rings (SSSR count). The number of ether oxygens (including phenoxy) is 1. The highest BCUT2D eigenvalue weighted by atomic mass is 32.2. The molecule has 1 aliphatic heterocycles. The summed E-state index contributed by atoms with van der Waals surface area (Å²) in [4.78, 5) is 13.3. The van der Waals surface area contributed by atoms with Crippen molar-refractivity contribution in [1.82, 2.24) is 16.0 Å². The Morgan fingerprint density at radius 2 is 2.17 bits per heavy atom. The molecule has 2 aliphatic rings. The summed E-state index contributed by atoms with van der Waals surface area (Å²) in [6, 6.07) is 4.98. The molecule has 2 atom stereocenters. The highest BCUT2D eigenvalue weighted by Gasteiger charge is 2.27. The third-order valence-electron chi connectivity index (χ3n) is 5.96. The number of phenolic OH excluding ortho intramolecular Hbond substituents is 1. The molecule has 0 spiro atoms. The molecule has 1 heterocycles. The Labute approximate surface area is 188 Å². The van der Waals surface area contributed by atoms with Gasteiger partial charge in [-0.05, 0) is 36.5 Å². The third kappa shape index (κ3) is 6.75. The summed E-state index contributed by atoms with van der Waals surface area (Å²) in [6.45, 7) is 0.490. The minimum absolute atomic E-state index is 0.0277. The lowest BCUT2D eigenvalue weighted by Gasteiger charge is -2.26. The number of aromatic hydroxyl groups is 1. The van der Waals surface area contributed by atoms with Crippen LogP contribution in [-0.2, 0) is 11.3 Å². The first-order valence-electron chi connectivity index (χ1n) is 10.8. The Hall–Kier alpha value is -1.51. The number of hydrogen-bond donors (Lipinski definition) is 4. The zero-order valence-corrected chi connectivity index (χ0v) is 19.2. The molecule has 1 aromatic carbocycles. The van der Waals surface area contributed by atoms with Crippen LogP contribution >= 0.6 is 24.0 Å². The molecule has 0 aromatic heterocycles. The highest BCUT2D eigenvalue weighted by Crippen LogP contribution is 2.28. The van der Waals surface area contributed by atoms with Crippen LogP contribution in [0.25, 0.3) is 0 Å². The van der Waals surface area contributed by atoms with Crippen LogP contribution in [0.5, 0.6) is 11.5 Å². The SMILES string of the molecule is COc1ccc(CNC(=S)[C@@H](CCC2CCCCC2)NC(=O)[C@@H]2CSCN2)cc1O. The number of amides is 1. The van der Waals surface area contributed by atoms with Crippen molar-refractivity contribution < 1.29 is 14.6 Å². The number of benzene rings is 1. The van der Waals surface area contributed by atoms with Crippen LogP contribution in [0.2, 0.25) is 0 Å². The van der Waals surface area contributed by atoms with Crippen LogP contribution in [0.15, 0.2) is 18.2 Å². The molecule has 6 nitrogen and oxygen atoms in total. The summed E-state index contributed by atoms with van der Waals surface area (Å²) in [6.07, 6.45) is 8.48. The quantitative estimate of drug-likeness (QED) is 0.429. The van der Waals surface area contributed by atoms with Gasteiger partial charge in [-0.3, -0.25) is 10.1 Å². The van der Waals surface area contributed by atoms with Gasteiger partial charge in [0.05, 0.1) is 24.2 Å². The lowest BCUT2D eigenvalue weighted by atomic mass is 9.85. The maximum Gasteiger partial charge on any atom is 0.238 e. The summed E-state index contributed by atoms with van der Waals surface area (Å²) >= 11 is 7.42.